The molecule has 2 fully saturated rings. The van der Waals surface area contributed by atoms with Gasteiger partial charge in [-0.25, -0.2) is 0 Å². The van der Waals surface area contributed by atoms with Crippen LogP contribution in [0.2, 0.25) is 0 Å². The van der Waals surface area contributed by atoms with E-state index in [9.17, 15) is 5.11 Å². The molecule has 104 valence electrons. The van der Waals surface area contributed by atoms with Gasteiger partial charge in [0.2, 0.25) is 0 Å². The number of aryl methyl sites for hydroxylation is 2. The summed E-state index contributed by atoms with van der Waals surface area (Å²) in [4.78, 5) is 0. The van der Waals surface area contributed by atoms with Crippen molar-refractivity contribution in [1.29, 1.82) is 0 Å². The Morgan fingerprint density at radius 3 is 2.53 bits per heavy atom. The summed E-state index contributed by atoms with van der Waals surface area (Å²) in [5, 5.41) is 11.0. The van der Waals surface area contributed by atoms with Crippen LogP contribution >= 0.6 is 0 Å². The molecule has 3 heteroatoms. The standard InChI is InChI=1S/C16H23NO2/c1-10-4-3-5-11(2)14(10)15(18)16(9-17)8-12-6-7-13(16)19-12/h3-5,12-13,15,18H,6-9,17H2,1-2H3. The highest BCUT2D eigenvalue weighted by molar-refractivity contribution is 5.37. The lowest BCUT2D eigenvalue weighted by atomic mass is 9.67. The van der Waals surface area contributed by atoms with Gasteiger partial charge in [0.25, 0.3) is 0 Å². The van der Waals surface area contributed by atoms with Crippen molar-refractivity contribution >= 4 is 0 Å². The number of hydrogen-bond acceptors (Lipinski definition) is 3. The monoisotopic (exact) mass is 261 g/mol. The van der Waals surface area contributed by atoms with Gasteiger partial charge in [-0.2, -0.15) is 0 Å². The molecule has 4 unspecified atom stereocenters. The van der Waals surface area contributed by atoms with E-state index in [1.165, 1.54) is 0 Å². The summed E-state index contributed by atoms with van der Waals surface area (Å²) >= 11 is 0. The molecule has 0 saturated carbocycles. The van der Waals surface area contributed by atoms with E-state index in [4.69, 9.17) is 10.5 Å². The molecule has 3 rings (SSSR count). The second kappa shape index (κ2) is 4.58. The third kappa shape index (κ3) is 1.83. The van der Waals surface area contributed by atoms with Crippen LogP contribution in [0, 0.1) is 19.3 Å². The molecule has 1 aromatic carbocycles. The van der Waals surface area contributed by atoms with Gasteiger partial charge in [0.05, 0.1) is 18.3 Å². The van der Waals surface area contributed by atoms with Crippen LogP contribution in [0.15, 0.2) is 18.2 Å². The number of hydrogen-bond donors (Lipinski definition) is 2. The maximum Gasteiger partial charge on any atom is 0.0889 e. The highest BCUT2D eigenvalue weighted by Gasteiger charge is 2.56. The molecule has 2 aliphatic heterocycles. The van der Waals surface area contributed by atoms with Crippen molar-refractivity contribution in [2.75, 3.05) is 6.54 Å². The molecular weight excluding hydrogens is 238 g/mol. The van der Waals surface area contributed by atoms with E-state index in [0.29, 0.717) is 12.6 Å². The lowest BCUT2D eigenvalue weighted by Crippen LogP contribution is -2.45. The highest BCUT2D eigenvalue weighted by Crippen LogP contribution is 2.54. The van der Waals surface area contributed by atoms with Crippen LogP contribution in [0.4, 0.5) is 0 Å². The first-order chi connectivity index (χ1) is 9.08. The van der Waals surface area contributed by atoms with Crippen molar-refractivity contribution in [3.05, 3.63) is 34.9 Å². The van der Waals surface area contributed by atoms with Gasteiger partial charge in [0.1, 0.15) is 0 Å². The van der Waals surface area contributed by atoms with E-state index in [1.54, 1.807) is 0 Å². The lowest BCUT2D eigenvalue weighted by Gasteiger charge is -2.39. The molecule has 3 N–H and O–H groups in total. The van der Waals surface area contributed by atoms with E-state index >= 15 is 0 Å². The minimum absolute atomic E-state index is 0.122. The van der Waals surface area contributed by atoms with E-state index in [-0.39, 0.29) is 11.5 Å². The molecule has 2 aliphatic rings. The van der Waals surface area contributed by atoms with Crippen LogP contribution in [0.25, 0.3) is 0 Å². The number of nitrogens with two attached hydrogens (primary N) is 1. The van der Waals surface area contributed by atoms with Gasteiger partial charge < -0.3 is 15.6 Å². The molecule has 3 nitrogen and oxygen atoms in total. The van der Waals surface area contributed by atoms with Crippen molar-refractivity contribution in [2.45, 2.75) is 51.4 Å². The summed E-state index contributed by atoms with van der Waals surface area (Å²) in [7, 11) is 0. The summed E-state index contributed by atoms with van der Waals surface area (Å²) in [6, 6.07) is 6.15. The Bertz CT molecular complexity index is 467. The fraction of sp³-hybridized carbons (Fsp3) is 0.625. The van der Waals surface area contributed by atoms with Crippen molar-refractivity contribution < 1.29 is 9.84 Å². The number of benzene rings is 1. The molecule has 0 aromatic heterocycles. The lowest BCUT2D eigenvalue weighted by molar-refractivity contribution is -0.0269. The van der Waals surface area contributed by atoms with Gasteiger partial charge in [-0.1, -0.05) is 18.2 Å². The first kappa shape index (κ1) is 13.1. The minimum atomic E-state index is -0.519. The molecule has 19 heavy (non-hydrogen) atoms. The summed E-state index contributed by atoms with van der Waals surface area (Å²) in [6.45, 7) is 4.61. The van der Waals surface area contributed by atoms with Gasteiger partial charge in [-0.15, -0.1) is 0 Å². The van der Waals surface area contributed by atoms with E-state index in [0.717, 1.165) is 36.0 Å². The van der Waals surface area contributed by atoms with Crippen LogP contribution in [0.3, 0.4) is 0 Å². The molecule has 2 heterocycles. The van der Waals surface area contributed by atoms with Crippen LogP contribution in [-0.4, -0.2) is 23.9 Å². The predicted molar refractivity (Wildman–Crippen MR) is 74.9 cm³/mol. The maximum atomic E-state index is 11.0. The molecule has 0 spiro atoms. The number of aliphatic hydroxyl groups excluding tert-OH is 1. The quantitative estimate of drug-likeness (QED) is 0.877. The van der Waals surface area contributed by atoms with Crippen molar-refractivity contribution in [1.82, 2.24) is 0 Å². The molecule has 2 saturated heterocycles. The summed E-state index contributed by atoms with van der Waals surface area (Å²) in [5.74, 6) is 0. The molecule has 0 radical (unpaired) electrons. The Kier molecular flexibility index (Phi) is 3.16. The highest BCUT2D eigenvalue weighted by atomic mass is 16.5. The van der Waals surface area contributed by atoms with Crippen molar-refractivity contribution in [2.24, 2.45) is 11.1 Å². The Labute approximate surface area is 114 Å². The number of fused-ring (bicyclic) bond motifs is 2. The van der Waals surface area contributed by atoms with Gasteiger partial charge in [-0.05, 0) is 49.8 Å². The van der Waals surface area contributed by atoms with E-state index < -0.39 is 6.10 Å². The van der Waals surface area contributed by atoms with Crippen LogP contribution in [0.1, 0.15) is 42.1 Å². The van der Waals surface area contributed by atoms with E-state index in [1.807, 2.05) is 6.07 Å². The zero-order valence-electron chi connectivity index (χ0n) is 11.7. The van der Waals surface area contributed by atoms with Gasteiger partial charge in [0, 0.05) is 12.0 Å². The fourth-order valence-corrected chi connectivity index (χ4v) is 3.99. The molecule has 4 atom stereocenters. The SMILES string of the molecule is Cc1cccc(C)c1C(O)C1(CN)CC2CCC1O2. The normalized spacial score (nSPS) is 34.7. The summed E-state index contributed by atoms with van der Waals surface area (Å²) in [6.07, 6.45) is 2.94. The predicted octanol–water partition coefficient (Wildman–Crippen LogP) is 2.23. The second-order valence-electron chi connectivity index (χ2n) is 6.17. The summed E-state index contributed by atoms with van der Waals surface area (Å²) in [5.41, 5.74) is 9.09. The Balaban J connectivity index is 2.01. The Morgan fingerprint density at radius 1 is 1.37 bits per heavy atom. The minimum Gasteiger partial charge on any atom is -0.388 e. The number of aliphatic hydroxyl groups is 1. The Morgan fingerprint density at radius 2 is 2.05 bits per heavy atom. The maximum absolute atomic E-state index is 11.0. The Hall–Kier alpha value is -0.900. The van der Waals surface area contributed by atoms with Crippen molar-refractivity contribution in [3.63, 3.8) is 0 Å². The zero-order chi connectivity index (χ0) is 13.6. The van der Waals surface area contributed by atoms with Crippen molar-refractivity contribution in [3.8, 4) is 0 Å². The first-order valence-corrected chi connectivity index (χ1v) is 7.18. The van der Waals surface area contributed by atoms with Crippen LogP contribution in [0.5, 0.6) is 0 Å². The van der Waals surface area contributed by atoms with Gasteiger partial charge in [0.15, 0.2) is 0 Å². The topological polar surface area (TPSA) is 55.5 Å². The third-order valence-corrected chi connectivity index (χ3v) is 5.10. The smallest absolute Gasteiger partial charge is 0.0889 e. The van der Waals surface area contributed by atoms with E-state index in [2.05, 4.69) is 26.0 Å². The molecular formula is C16H23NO2. The first-order valence-electron chi connectivity index (χ1n) is 7.18. The molecule has 2 bridgehead atoms. The largest absolute Gasteiger partial charge is 0.388 e. The summed E-state index contributed by atoms with van der Waals surface area (Å²) < 4.78 is 5.96. The van der Waals surface area contributed by atoms with Gasteiger partial charge in [-0.3, -0.25) is 0 Å². The average molecular weight is 261 g/mol. The molecule has 1 aromatic rings. The second-order valence-corrected chi connectivity index (χ2v) is 6.17. The third-order valence-electron chi connectivity index (χ3n) is 5.10. The number of rotatable bonds is 3. The average Bonchev–Trinajstić information content (AvgIpc) is 2.99. The van der Waals surface area contributed by atoms with Crippen LogP contribution in [-0.2, 0) is 4.74 Å². The molecule has 0 aliphatic carbocycles. The molecule has 0 amide bonds. The fourth-order valence-electron chi connectivity index (χ4n) is 3.99. The van der Waals surface area contributed by atoms with Crippen LogP contribution < -0.4 is 5.73 Å². The number of ether oxygens (including phenoxy) is 1. The van der Waals surface area contributed by atoms with Gasteiger partial charge >= 0.3 is 0 Å². The zero-order valence-corrected chi connectivity index (χ0v) is 11.7.